The van der Waals surface area contributed by atoms with Crippen LogP contribution in [0.15, 0.2) is 60.8 Å². The summed E-state index contributed by atoms with van der Waals surface area (Å²) in [4.78, 5) is 16.2. The number of pyridine rings is 1. The number of carbonyl (C=O) groups excluding carboxylic acids is 1. The number of nitrogens with zero attached hydrogens (tertiary/aromatic N) is 1. The van der Waals surface area contributed by atoms with Gasteiger partial charge >= 0.3 is 0 Å². The number of aromatic nitrogens is 1. The number of halogens is 2. The monoisotopic (exact) mass is 347 g/mol. The highest BCUT2D eigenvalue weighted by atomic mass is 35.5. The maximum absolute atomic E-state index is 11.9. The van der Waals surface area contributed by atoms with Gasteiger partial charge in [-0.1, -0.05) is 35.9 Å². The first-order valence-electron chi connectivity index (χ1n) is 6.74. The molecular formula is C17H13Cl2N2O2-. The topological polar surface area (TPSA) is 51.2 Å². The fourth-order valence-corrected chi connectivity index (χ4v) is 2.29. The van der Waals surface area contributed by atoms with Crippen LogP contribution in [0.4, 0.5) is 5.69 Å². The minimum absolute atomic E-state index is 0. The number of benzene rings is 2. The first-order chi connectivity index (χ1) is 10.7. The molecule has 0 atom stereocenters. The van der Waals surface area contributed by atoms with Crippen LogP contribution >= 0.6 is 11.6 Å². The Labute approximate surface area is 144 Å². The van der Waals surface area contributed by atoms with E-state index in [0.29, 0.717) is 16.5 Å². The molecule has 0 fully saturated rings. The summed E-state index contributed by atoms with van der Waals surface area (Å²) in [6.07, 6.45) is 1.70. The minimum Gasteiger partial charge on any atom is -1.00 e. The van der Waals surface area contributed by atoms with Gasteiger partial charge in [0.2, 0.25) is 0 Å². The SMILES string of the molecule is O=C(COc1cccc2cccnc12)Nc1cccc(Cl)c1.[Cl-]. The third kappa shape index (κ3) is 4.34. The van der Waals surface area contributed by atoms with E-state index in [4.69, 9.17) is 16.3 Å². The predicted molar refractivity (Wildman–Crippen MR) is 87.3 cm³/mol. The van der Waals surface area contributed by atoms with Crippen molar-refractivity contribution in [2.45, 2.75) is 0 Å². The second kappa shape index (κ2) is 7.81. The number of hydrogen-bond donors (Lipinski definition) is 1. The van der Waals surface area contributed by atoms with Gasteiger partial charge in [0.05, 0.1) is 0 Å². The lowest BCUT2D eigenvalue weighted by Crippen LogP contribution is -3.00. The molecule has 118 valence electrons. The molecule has 4 nitrogen and oxygen atoms in total. The van der Waals surface area contributed by atoms with Gasteiger partial charge in [-0.2, -0.15) is 0 Å². The van der Waals surface area contributed by atoms with Crippen molar-refractivity contribution in [2.24, 2.45) is 0 Å². The third-order valence-corrected chi connectivity index (χ3v) is 3.30. The Morgan fingerprint density at radius 2 is 1.91 bits per heavy atom. The molecule has 0 aliphatic heterocycles. The molecule has 3 aromatic rings. The Morgan fingerprint density at radius 1 is 1.13 bits per heavy atom. The van der Waals surface area contributed by atoms with E-state index in [1.54, 1.807) is 36.5 Å². The van der Waals surface area contributed by atoms with Crippen molar-refractivity contribution in [2.75, 3.05) is 11.9 Å². The van der Waals surface area contributed by atoms with Gasteiger partial charge in [-0.3, -0.25) is 9.78 Å². The largest absolute Gasteiger partial charge is 1.00 e. The molecule has 0 aliphatic carbocycles. The molecule has 0 radical (unpaired) electrons. The zero-order chi connectivity index (χ0) is 15.4. The molecule has 0 spiro atoms. The average molecular weight is 348 g/mol. The molecule has 0 unspecified atom stereocenters. The van der Waals surface area contributed by atoms with Gasteiger partial charge in [-0.15, -0.1) is 0 Å². The zero-order valence-electron chi connectivity index (χ0n) is 12.0. The first kappa shape index (κ1) is 17.1. The summed E-state index contributed by atoms with van der Waals surface area (Å²) in [6.45, 7) is -0.0950. The first-order valence-corrected chi connectivity index (χ1v) is 7.12. The summed E-state index contributed by atoms with van der Waals surface area (Å²) in [7, 11) is 0. The Hall–Kier alpha value is -2.30. The Bertz CT molecular complexity index is 819. The van der Waals surface area contributed by atoms with E-state index in [2.05, 4.69) is 10.3 Å². The smallest absolute Gasteiger partial charge is 0.262 e. The molecule has 0 aliphatic rings. The van der Waals surface area contributed by atoms with Crippen molar-refractivity contribution in [3.63, 3.8) is 0 Å². The van der Waals surface area contributed by atoms with Crippen molar-refractivity contribution in [1.82, 2.24) is 4.98 Å². The van der Waals surface area contributed by atoms with Crippen molar-refractivity contribution in [1.29, 1.82) is 0 Å². The standard InChI is InChI=1S/C17H13ClN2O2.ClH/c18-13-6-2-7-14(10-13)20-16(21)11-22-15-8-1-4-12-5-3-9-19-17(12)15;/h1-10H,11H2,(H,20,21);1H/p-1. The quantitative estimate of drug-likeness (QED) is 0.763. The van der Waals surface area contributed by atoms with Crippen LogP contribution in [-0.2, 0) is 4.79 Å². The van der Waals surface area contributed by atoms with Gasteiger partial charge in [0.15, 0.2) is 6.61 Å². The molecule has 2 aromatic carbocycles. The lowest BCUT2D eigenvalue weighted by molar-refractivity contribution is -0.118. The highest BCUT2D eigenvalue weighted by molar-refractivity contribution is 6.30. The lowest BCUT2D eigenvalue weighted by atomic mass is 10.2. The molecule has 1 N–H and O–H groups in total. The highest BCUT2D eigenvalue weighted by Gasteiger charge is 2.07. The number of amides is 1. The summed E-state index contributed by atoms with van der Waals surface area (Å²) >= 11 is 5.88. The molecule has 0 bridgehead atoms. The average Bonchev–Trinajstić information content (AvgIpc) is 2.53. The van der Waals surface area contributed by atoms with Crippen LogP contribution in [0.25, 0.3) is 10.9 Å². The highest BCUT2D eigenvalue weighted by Crippen LogP contribution is 2.23. The van der Waals surface area contributed by atoms with Crippen molar-refractivity contribution >= 4 is 34.1 Å². The second-order valence-electron chi connectivity index (χ2n) is 4.68. The van der Waals surface area contributed by atoms with E-state index in [1.807, 2.05) is 24.3 Å². The Kier molecular flexibility index (Phi) is 5.79. The number of hydrogen-bond acceptors (Lipinski definition) is 3. The van der Waals surface area contributed by atoms with Crippen LogP contribution in [-0.4, -0.2) is 17.5 Å². The fourth-order valence-electron chi connectivity index (χ4n) is 2.10. The van der Waals surface area contributed by atoms with Gasteiger partial charge in [-0.25, -0.2) is 0 Å². The molecule has 6 heteroatoms. The second-order valence-corrected chi connectivity index (χ2v) is 5.11. The van der Waals surface area contributed by atoms with E-state index >= 15 is 0 Å². The van der Waals surface area contributed by atoms with Crippen LogP contribution in [0.1, 0.15) is 0 Å². The van der Waals surface area contributed by atoms with Crippen LogP contribution in [0, 0.1) is 0 Å². The summed E-state index contributed by atoms with van der Waals surface area (Å²) in [5.41, 5.74) is 1.37. The molecule has 23 heavy (non-hydrogen) atoms. The molecule has 1 amide bonds. The zero-order valence-corrected chi connectivity index (χ0v) is 13.5. The minimum atomic E-state index is -0.254. The molecule has 1 aromatic heterocycles. The van der Waals surface area contributed by atoms with Gasteiger partial charge in [-0.05, 0) is 30.3 Å². The number of rotatable bonds is 4. The van der Waals surface area contributed by atoms with E-state index in [1.165, 1.54) is 0 Å². The third-order valence-electron chi connectivity index (χ3n) is 3.06. The van der Waals surface area contributed by atoms with E-state index in [9.17, 15) is 4.79 Å². The van der Waals surface area contributed by atoms with E-state index < -0.39 is 0 Å². The van der Waals surface area contributed by atoms with E-state index in [0.717, 1.165) is 10.9 Å². The summed E-state index contributed by atoms with van der Waals surface area (Å²) in [5.74, 6) is 0.328. The molecular weight excluding hydrogens is 335 g/mol. The predicted octanol–water partition coefficient (Wildman–Crippen LogP) is 0.910. The van der Waals surface area contributed by atoms with Gasteiger partial charge in [0.1, 0.15) is 11.3 Å². The van der Waals surface area contributed by atoms with Crippen LogP contribution in [0.2, 0.25) is 5.02 Å². The van der Waals surface area contributed by atoms with Crippen LogP contribution in [0.5, 0.6) is 5.75 Å². The van der Waals surface area contributed by atoms with Crippen molar-refractivity contribution < 1.29 is 21.9 Å². The summed E-state index contributed by atoms with van der Waals surface area (Å²) in [5, 5.41) is 4.27. The Morgan fingerprint density at radius 3 is 2.74 bits per heavy atom. The van der Waals surface area contributed by atoms with Gasteiger partial charge in [0.25, 0.3) is 5.91 Å². The molecule has 1 heterocycles. The fraction of sp³-hybridized carbons (Fsp3) is 0.0588. The molecule has 3 rings (SSSR count). The van der Waals surface area contributed by atoms with Crippen LogP contribution in [0.3, 0.4) is 0 Å². The number of nitrogens with one attached hydrogen (secondary N) is 1. The molecule has 0 saturated heterocycles. The van der Waals surface area contributed by atoms with Crippen molar-refractivity contribution in [3.8, 4) is 5.75 Å². The van der Waals surface area contributed by atoms with Gasteiger partial charge in [0, 0.05) is 22.3 Å². The lowest BCUT2D eigenvalue weighted by Gasteiger charge is -2.09. The van der Waals surface area contributed by atoms with Crippen molar-refractivity contribution in [3.05, 3.63) is 65.8 Å². The Balaban J connectivity index is 0.00000192. The molecule has 0 saturated carbocycles. The maximum Gasteiger partial charge on any atom is 0.262 e. The number of ether oxygens (including phenoxy) is 1. The number of anilines is 1. The van der Waals surface area contributed by atoms with E-state index in [-0.39, 0.29) is 24.9 Å². The van der Waals surface area contributed by atoms with Crippen LogP contribution < -0.4 is 22.5 Å². The summed E-state index contributed by atoms with van der Waals surface area (Å²) < 4.78 is 5.58. The van der Waals surface area contributed by atoms with Gasteiger partial charge < -0.3 is 22.5 Å². The summed E-state index contributed by atoms with van der Waals surface area (Å²) in [6, 6.07) is 16.4. The maximum atomic E-state index is 11.9. The number of fused-ring (bicyclic) bond motifs is 1. The normalized spacial score (nSPS) is 9.96. The number of carbonyl (C=O) groups is 1. The number of para-hydroxylation sites is 1.